The van der Waals surface area contributed by atoms with Crippen LogP contribution in [0.3, 0.4) is 0 Å². The van der Waals surface area contributed by atoms with E-state index in [1.807, 2.05) is 6.92 Å². The number of hydrogen-bond donors (Lipinski definition) is 5. The van der Waals surface area contributed by atoms with Crippen molar-refractivity contribution in [3.05, 3.63) is 24.3 Å². The van der Waals surface area contributed by atoms with Gasteiger partial charge in [0.05, 0.1) is 18.3 Å². The predicted octanol–water partition coefficient (Wildman–Crippen LogP) is 1.06. The second-order valence-corrected chi connectivity index (χ2v) is 7.16. The van der Waals surface area contributed by atoms with Crippen LogP contribution >= 0.6 is 0 Å². The summed E-state index contributed by atoms with van der Waals surface area (Å²) in [6, 6.07) is 0. The standard InChI is InChI=1S/C20H32O8/c1-2-3-4-6-14(21)10-12-18(24)20(27)13-16(23)17(28-20)11-9-15(22)7-5-8-19(25)26/h9-12,14-17,21-23,27H,2-8,13H2,1H3,(H,25,26)/b11-9+,12-10+/t14-,15-,16+,17?,20?/m1/s1. The lowest BCUT2D eigenvalue weighted by molar-refractivity contribution is -0.189. The normalized spacial score (nSPS) is 27.5. The lowest BCUT2D eigenvalue weighted by Crippen LogP contribution is -2.37. The van der Waals surface area contributed by atoms with Crippen LogP contribution < -0.4 is 0 Å². The third-order valence-electron chi connectivity index (χ3n) is 4.57. The SMILES string of the molecule is CCCCC[C@@H](O)/C=C/C(=O)C1(O)C[C@H](O)C(/C=C/[C@H](O)CCCC(=O)O)O1. The van der Waals surface area contributed by atoms with Gasteiger partial charge in [-0.3, -0.25) is 9.59 Å². The molecule has 8 nitrogen and oxygen atoms in total. The molecule has 2 unspecified atom stereocenters. The number of carbonyl (C=O) groups excluding carboxylic acids is 1. The Kier molecular flexibility index (Phi) is 10.6. The largest absolute Gasteiger partial charge is 0.481 e. The third kappa shape index (κ3) is 8.62. The molecule has 0 saturated carbocycles. The molecule has 0 aromatic rings. The Bertz CT molecular complexity index is 558. The molecule has 28 heavy (non-hydrogen) atoms. The fourth-order valence-electron chi connectivity index (χ4n) is 2.90. The molecule has 0 aromatic carbocycles. The Balaban J connectivity index is 2.53. The van der Waals surface area contributed by atoms with E-state index >= 15 is 0 Å². The van der Waals surface area contributed by atoms with Gasteiger partial charge in [0, 0.05) is 12.8 Å². The minimum atomic E-state index is -2.19. The highest BCUT2D eigenvalue weighted by Crippen LogP contribution is 2.30. The van der Waals surface area contributed by atoms with Gasteiger partial charge in [0.1, 0.15) is 6.10 Å². The number of aliphatic hydroxyl groups is 4. The molecule has 1 aliphatic heterocycles. The maximum Gasteiger partial charge on any atom is 0.303 e. The molecule has 0 amide bonds. The van der Waals surface area contributed by atoms with Crippen LogP contribution in [0.25, 0.3) is 0 Å². The van der Waals surface area contributed by atoms with Crippen molar-refractivity contribution >= 4 is 11.8 Å². The molecule has 1 fully saturated rings. The topological polar surface area (TPSA) is 145 Å². The van der Waals surface area contributed by atoms with Crippen molar-refractivity contribution in [1.29, 1.82) is 0 Å². The second kappa shape index (κ2) is 12.1. The van der Waals surface area contributed by atoms with Crippen LogP contribution in [0.2, 0.25) is 0 Å². The molecule has 5 N–H and O–H groups in total. The molecule has 1 heterocycles. The molecule has 0 aliphatic carbocycles. The van der Waals surface area contributed by atoms with E-state index in [9.17, 15) is 30.0 Å². The molecule has 0 bridgehead atoms. The smallest absolute Gasteiger partial charge is 0.303 e. The molecule has 1 saturated heterocycles. The second-order valence-electron chi connectivity index (χ2n) is 7.16. The zero-order valence-corrected chi connectivity index (χ0v) is 16.2. The summed E-state index contributed by atoms with van der Waals surface area (Å²) in [5, 5.41) is 48.6. The minimum Gasteiger partial charge on any atom is -0.481 e. The fraction of sp³-hybridized carbons (Fsp3) is 0.700. The number of hydrogen-bond acceptors (Lipinski definition) is 7. The van der Waals surface area contributed by atoms with Gasteiger partial charge < -0.3 is 30.3 Å². The molecule has 1 aliphatic rings. The highest BCUT2D eigenvalue weighted by Gasteiger charge is 2.48. The zero-order chi connectivity index (χ0) is 21.2. The summed E-state index contributed by atoms with van der Waals surface area (Å²) in [7, 11) is 0. The lowest BCUT2D eigenvalue weighted by Gasteiger charge is -2.19. The van der Waals surface area contributed by atoms with E-state index < -0.39 is 42.0 Å². The number of ether oxygens (including phenoxy) is 1. The summed E-state index contributed by atoms with van der Waals surface area (Å²) < 4.78 is 5.28. The molecule has 0 spiro atoms. The van der Waals surface area contributed by atoms with E-state index in [0.717, 1.165) is 25.3 Å². The summed E-state index contributed by atoms with van der Waals surface area (Å²) in [5.74, 6) is -3.90. The first-order valence-electron chi connectivity index (χ1n) is 9.75. The van der Waals surface area contributed by atoms with Gasteiger partial charge in [-0.2, -0.15) is 0 Å². The van der Waals surface area contributed by atoms with Gasteiger partial charge in [0.15, 0.2) is 0 Å². The highest BCUT2D eigenvalue weighted by atomic mass is 16.6. The Morgan fingerprint density at radius 3 is 2.43 bits per heavy atom. The highest BCUT2D eigenvalue weighted by molar-refractivity contribution is 5.96. The Morgan fingerprint density at radius 1 is 1.14 bits per heavy atom. The van der Waals surface area contributed by atoms with Crippen LogP contribution in [0.4, 0.5) is 0 Å². The fourth-order valence-corrected chi connectivity index (χ4v) is 2.90. The number of carboxylic acids is 1. The van der Waals surface area contributed by atoms with E-state index in [0.29, 0.717) is 12.8 Å². The zero-order valence-electron chi connectivity index (χ0n) is 16.2. The van der Waals surface area contributed by atoms with Crippen molar-refractivity contribution in [1.82, 2.24) is 0 Å². The predicted molar refractivity (Wildman–Crippen MR) is 101 cm³/mol. The quantitative estimate of drug-likeness (QED) is 0.175. The molecule has 0 aromatic heterocycles. The number of aliphatic carboxylic acids is 1. The number of aliphatic hydroxyl groups excluding tert-OH is 3. The van der Waals surface area contributed by atoms with Gasteiger partial charge in [0.2, 0.25) is 11.6 Å². The van der Waals surface area contributed by atoms with Crippen molar-refractivity contribution in [2.75, 3.05) is 0 Å². The van der Waals surface area contributed by atoms with Gasteiger partial charge in [-0.05, 0) is 25.3 Å². The number of carboxylic acid groups (broad SMARTS) is 1. The Morgan fingerprint density at radius 2 is 1.79 bits per heavy atom. The number of carbonyl (C=O) groups is 2. The summed E-state index contributed by atoms with van der Waals surface area (Å²) >= 11 is 0. The first kappa shape index (κ1) is 24.5. The lowest BCUT2D eigenvalue weighted by atomic mass is 10.0. The number of ketones is 1. The Hall–Kier alpha value is -1.58. The van der Waals surface area contributed by atoms with E-state index in [2.05, 4.69) is 0 Å². The van der Waals surface area contributed by atoms with Gasteiger partial charge in [-0.25, -0.2) is 0 Å². The van der Waals surface area contributed by atoms with E-state index in [1.165, 1.54) is 18.2 Å². The average Bonchev–Trinajstić information content (AvgIpc) is 2.92. The molecule has 1 rings (SSSR count). The van der Waals surface area contributed by atoms with Gasteiger partial charge in [-0.15, -0.1) is 0 Å². The van der Waals surface area contributed by atoms with Crippen molar-refractivity contribution in [2.45, 2.75) is 88.5 Å². The summed E-state index contributed by atoms with van der Waals surface area (Å²) in [5.41, 5.74) is 0. The van der Waals surface area contributed by atoms with Crippen LogP contribution in [-0.4, -0.2) is 67.5 Å². The van der Waals surface area contributed by atoms with E-state index in [-0.39, 0.29) is 19.3 Å². The number of unbranched alkanes of at least 4 members (excludes halogenated alkanes) is 2. The summed E-state index contributed by atoms with van der Waals surface area (Å²) in [6.07, 6.45) is 4.73. The molecule has 8 heteroatoms. The Labute approximate surface area is 165 Å². The minimum absolute atomic E-state index is 0.0572. The maximum atomic E-state index is 12.2. The van der Waals surface area contributed by atoms with Crippen molar-refractivity contribution in [3.63, 3.8) is 0 Å². The maximum absolute atomic E-state index is 12.2. The van der Waals surface area contributed by atoms with Crippen LogP contribution in [-0.2, 0) is 14.3 Å². The molecular formula is C20H32O8. The van der Waals surface area contributed by atoms with Gasteiger partial charge >= 0.3 is 5.97 Å². The average molecular weight is 400 g/mol. The molecule has 160 valence electrons. The van der Waals surface area contributed by atoms with Crippen LogP contribution in [0.1, 0.15) is 58.3 Å². The van der Waals surface area contributed by atoms with Gasteiger partial charge in [0.25, 0.3) is 0 Å². The monoisotopic (exact) mass is 400 g/mol. The first-order chi connectivity index (χ1) is 13.2. The molecule has 0 radical (unpaired) electrons. The van der Waals surface area contributed by atoms with Crippen molar-refractivity contribution < 1.29 is 39.9 Å². The van der Waals surface area contributed by atoms with Crippen LogP contribution in [0.15, 0.2) is 24.3 Å². The number of rotatable bonds is 13. The third-order valence-corrected chi connectivity index (χ3v) is 4.57. The van der Waals surface area contributed by atoms with E-state index in [4.69, 9.17) is 9.84 Å². The summed E-state index contributed by atoms with van der Waals surface area (Å²) in [6.45, 7) is 2.05. The first-order valence-corrected chi connectivity index (χ1v) is 9.75. The van der Waals surface area contributed by atoms with Crippen molar-refractivity contribution in [3.8, 4) is 0 Å². The van der Waals surface area contributed by atoms with Crippen molar-refractivity contribution in [2.24, 2.45) is 0 Å². The van der Waals surface area contributed by atoms with Gasteiger partial charge in [-0.1, -0.05) is 44.4 Å². The summed E-state index contributed by atoms with van der Waals surface area (Å²) in [4.78, 5) is 22.7. The van der Waals surface area contributed by atoms with Crippen LogP contribution in [0.5, 0.6) is 0 Å². The van der Waals surface area contributed by atoms with E-state index in [1.54, 1.807) is 0 Å². The molecular weight excluding hydrogens is 368 g/mol. The van der Waals surface area contributed by atoms with Crippen LogP contribution in [0, 0.1) is 0 Å². The molecule has 5 atom stereocenters.